The van der Waals surface area contributed by atoms with Gasteiger partial charge in [0.25, 0.3) is 11.8 Å². The van der Waals surface area contributed by atoms with Crippen LogP contribution in [0.2, 0.25) is 10.0 Å². The number of halogens is 3. The van der Waals surface area contributed by atoms with Crippen LogP contribution < -0.4 is 5.32 Å². The van der Waals surface area contributed by atoms with E-state index in [1.807, 2.05) is 0 Å². The fourth-order valence-corrected chi connectivity index (χ4v) is 3.02. The third kappa shape index (κ3) is 3.43. The van der Waals surface area contributed by atoms with E-state index in [-0.39, 0.29) is 27.0 Å². The average Bonchev–Trinajstić information content (AvgIpc) is 2.80. The van der Waals surface area contributed by atoms with E-state index in [2.05, 4.69) is 5.32 Å². The molecule has 2 aromatic carbocycles. The van der Waals surface area contributed by atoms with Crippen molar-refractivity contribution in [3.05, 3.63) is 69.0 Å². The van der Waals surface area contributed by atoms with Crippen LogP contribution in [0.1, 0.15) is 39.2 Å². The molecule has 3 amide bonds. The number of carbonyl (C=O) groups excluding carboxylic acids is 3. The highest BCUT2D eigenvalue weighted by molar-refractivity contribution is 6.43. The van der Waals surface area contributed by atoms with Crippen LogP contribution in [0.15, 0.2) is 36.4 Å². The van der Waals surface area contributed by atoms with Crippen molar-refractivity contribution in [2.45, 2.75) is 13.0 Å². The highest BCUT2D eigenvalue weighted by atomic mass is 35.5. The van der Waals surface area contributed by atoms with Crippen LogP contribution in [0, 0.1) is 5.82 Å². The Morgan fingerprint density at radius 2 is 1.58 bits per heavy atom. The summed E-state index contributed by atoms with van der Waals surface area (Å²) >= 11 is 11.8. The second-order valence-corrected chi connectivity index (χ2v) is 6.66. The van der Waals surface area contributed by atoms with Crippen LogP contribution in [0.5, 0.6) is 0 Å². The van der Waals surface area contributed by atoms with Crippen LogP contribution in [0.25, 0.3) is 0 Å². The summed E-state index contributed by atoms with van der Waals surface area (Å²) in [5.74, 6) is -2.11. The van der Waals surface area contributed by atoms with Gasteiger partial charge in [0.15, 0.2) is 0 Å². The summed E-state index contributed by atoms with van der Waals surface area (Å²) in [5.41, 5.74) is 0.924. The number of rotatable bonds is 4. The van der Waals surface area contributed by atoms with Crippen LogP contribution in [-0.4, -0.2) is 29.2 Å². The van der Waals surface area contributed by atoms with Gasteiger partial charge in [-0.15, -0.1) is 0 Å². The molecule has 0 saturated carbocycles. The zero-order valence-electron chi connectivity index (χ0n) is 13.6. The predicted molar refractivity (Wildman–Crippen MR) is 94.8 cm³/mol. The van der Waals surface area contributed by atoms with Crippen molar-refractivity contribution < 1.29 is 18.8 Å². The molecule has 0 saturated heterocycles. The van der Waals surface area contributed by atoms with E-state index in [0.29, 0.717) is 5.56 Å². The minimum absolute atomic E-state index is 0.115. The van der Waals surface area contributed by atoms with Crippen molar-refractivity contribution in [3.63, 3.8) is 0 Å². The van der Waals surface area contributed by atoms with E-state index in [4.69, 9.17) is 23.2 Å². The van der Waals surface area contributed by atoms with Crippen molar-refractivity contribution in [1.29, 1.82) is 0 Å². The van der Waals surface area contributed by atoms with Gasteiger partial charge in [-0.2, -0.15) is 0 Å². The van der Waals surface area contributed by atoms with Crippen molar-refractivity contribution in [2.24, 2.45) is 0 Å². The lowest BCUT2D eigenvalue weighted by atomic mass is 10.1. The van der Waals surface area contributed by atoms with Crippen LogP contribution >= 0.6 is 23.2 Å². The fourth-order valence-electron chi connectivity index (χ4n) is 2.69. The molecule has 5 nitrogen and oxygen atoms in total. The molecule has 8 heteroatoms. The van der Waals surface area contributed by atoms with Gasteiger partial charge in [-0.25, -0.2) is 4.39 Å². The van der Waals surface area contributed by atoms with Crippen molar-refractivity contribution in [1.82, 2.24) is 10.2 Å². The Balaban J connectivity index is 1.71. The second kappa shape index (κ2) is 7.05. The summed E-state index contributed by atoms with van der Waals surface area (Å²) in [6.07, 6.45) is 0. The normalized spacial score (nSPS) is 14.4. The quantitative estimate of drug-likeness (QED) is 0.805. The number of benzene rings is 2. The molecule has 0 radical (unpaired) electrons. The van der Waals surface area contributed by atoms with E-state index in [9.17, 15) is 18.8 Å². The Morgan fingerprint density at radius 1 is 1.08 bits per heavy atom. The SMILES string of the molecule is C[C@@H](NC(=O)CN1C(=O)c2cc(Cl)c(Cl)cc2C1=O)c1ccc(F)cc1. The van der Waals surface area contributed by atoms with Crippen molar-refractivity contribution in [3.8, 4) is 0 Å². The van der Waals surface area contributed by atoms with E-state index in [0.717, 1.165) is 4.90 Å². The molecule has 0 fully saturated rings. The molecule has 2 aromatic rings. The maximum Gasteiger partial charge on any atom is 0.262 e. The number of hydrogen-bond acceptors (Lipinski definition) is 3. The number of nitrogens with one attached hydrogen (secondary N) is 1. The summed E-state index contributed by atoms with van der Waals surface area (Å²) < 4.78 is 13.0. The standard InChI is InChI=1S/C18H13Cl2FN2O3/c1-9(10-2-4-11(21)5-3-10)22-16(24)8-23-17(25)12-6-14(19)15(20)7-13(12)18(23)26/h2-7,9H,8H2,1H3,(H,22,24)/t9-/m1/s1. The lowest BCUT2D eigenvalue weighted by Gasteiger charge is -2.17. The summed E-state index contributed by atoms with van der Waals surface area (Å²) in [6.45, 7) is 1.28. The Hall–Kier alpha value is -2.44. The van der Waals surface area contributed by atoms with E-state index < -0.39 is 30.3 Å². The fraction of sp³-hybridized carbons (Fsp3) is 0.167. The molecule has 1 aliphatic heterocycles. The maximum absolute atomic E-state index is 13.0. The van der Waals surface area contributed by atoms with Gasteiger partial charge in [0.05, 0.1) is 27.2 Å². The monoisotopic (exact) mass is 394 g/mol. The lowest BCUT2D eigenvalue weighted by Crippen LogP contribution is -2.41. The molecule has 1 aliphatic rings. The summed E-state index contributed by atoms with van der Waals surface area (Å²) in [5, 5.41) is 2.98. The Labute approximate surface area is 158 Å². The van der Waals surface area contributed by atoms with E-state index >= 15 is 0 Å². The van der Waals surface area contributed by atoms with Crippen LogP contribution in [0.4, 0.5) is 4.39 Å². The molecule has 1 heterocycles. The van der Waals surface area contributed by atoms with Gasteiger partial charge in [0, 0.05) is 0 Å². The summed E-state index contributed by atoms with van der Waals surface area (Å²) in [4.78, 5) is 37.8. The highest BCUT2D eigenvalue weighted by Crippen LogP contribution is 2.31. The summed E-state index contributed by atoms with van der Waals surface area (Å²) in [7, 11) is 0. The molecule has 1 N–H and O–H groups in total. The maximum atomic E-state index is 13.0. The number of amides is 3. The van der Waals surface area contributed by atoms with E-state index in [1.54, 1.807) is 19.1 Å². The number of fused-ring (bicyclic) bond motifs is 1. The molecule has 0 unspecified atom stereocenters. The molecule has 0 aliphatic carbocycles. The van der Waals surface area contributed by atoms with Crippen molar-refractivity contribution >= 4 is 40.9 Å². The van der Waals surface area contributed by atoms with Crippen LogP contribution in [0.3, 0.4) is 0 Å². The first-order valence-corrected chi connectivity index (χ1v) is 8.43. The zero-order chi connectivity index (χ0) is 19.0. The first kappa shape index (κ1) is 18.4. The van der Waals surface area contributed by atoms with Gasteiger partial charge < -0.3 is 5.32 Å². The largest absolute Gasteiger partial charge is 0.348 e. The molecule has 1 atom stereocenters. The smallest absolute Gasteiger partial charge is 0.262 e. The van der Waals surface area contributed by atoms with Crippen molar-refractivity contribution in [2.75, 3.05) is 6.54 Å². The Bertz CT molecular complexity index is 874. The van der Waals surface area contributed by atoms with Gasteiger partial charge >= 0.3 is 0 Å². The summed E-state index contributed by atoms with van der Waals surface area (Å²) in [6, 6.07) is 7.89. The van der Waals surface area contributed by atoms with Gasteiger partial charge in [0.2, 0.25) is 5.91 Å². The third-order valence-electron chi connectivity index (χ3n) is 4.06. The van der Waals surface area contributed by atoms with Gasteiger partial charge in [0.1, 0.15) is 12.4 Å². The van der Waals surface area contributed by atoms with Gasteiger partial charge in [-0.05, 0) is 36.8 Å². The minimum Gasteiger partial charge on any atom is -0.348 e. The first-order chi connectivity index (χ1) is 12.3. The molecular formula is C18H13Cl2FN2O3. The van der Waals surface area contributed by atoms with E-state index in [1.165, 1.54) is 24.3 Å². The molecule has 134 valence electrons. The topological polar surface area (TPSA) is 66.5 Å². The Morgan fingerprint density at radius 3 is 2.08 bits per heavy atom. The molecule has 0 aromatic heterocycles. The van der Waals surface area contributed by atoms with Crippen LogP contribution in [-0.2, 0) is 4.79 Å². The molecule has 0 bridgehead atoms. The molecule has 26 heavy (non-hydrogen) atoms. The second-order valence-electron chi connectivity index (χ2n) is 5.85. The van der Waals surface area contributed by atoms with Gasteiger partial charge in [-0.1, -0.05) is 35.3 Å². The lowest BCUT2D eigenvalue weighted by molar-refractivity contribution is -0.122. The number of carbonyl (C=O) groups is 3. The first-order valence-electron chi connectivity index (χ1n) is 7.68. The molecule has 0 spiro atoms. The highest BCUT2D eigenvalue weighted by Gasteiger charge is 2.37. The zero-order valence-corrected chi connectivity index (χ0v) is 15.1. The van der Waals surface area contributed by atoms with Gasteiger partial charge in [-0.3, -0.25) is 19.3 Å². The number of imide groups is 1. The minimum atomic E-state index is -0.604. The average molecular weight is 395 g/mol. The number of nitrogens with zero attached hydrogens (tertiary/aromatic N) is 1. The molecular weight excluding hydrogens is 382 g/mol. The number of hydrogen-bond donors (Lipinski definition) is 1. The Kier molecular flexibility index (Phi) is 4.98. The third-order valence-corrected chi connectivity index (χ3v) is 4.78. The molecule has 3 rings (SSSR count). The predicted octanol–water partition coefficient (Wildman–Crippen LogP) is 3.61.